The lowest BCUT2D eigenvalue weighted by atomic mass is 10.1. The van der Waals surface area contributed by atoms with Crippen LogP contribution in [0.25, 0.3) is 16.9 Å². The Labute approximate surface area is 154 Å². The van der Waals surface area contributed by atoms with E-state index >= 15 is 0 Å². The number of fused-ring (bicyclic) bond motifs is 3. The van der Waals surface area contributed by atoms with Gasteiger partial charge in [-0.2, -0.15) is 0 Å². The Hall–Kier alpha value is -2.31. The molecule has 0 fully saturated rings. The minimum absolute atomic E-state index is 0.0565. The number of halogens is 1. The van der Waals surface area contributed by atoms with E-state index in [1.807, 2.05) is 37.2 Å². The topological polar surface area (TPSA) is 51.0 Å². The first kappa shape index (κ1) is 16.2. The Kier molecular flexibility index (Phi) is 4.01. The highest BCUT2D eigenvalue weighted by atomic mass is 35.5. The maximum absolute atomic E-state index is 13.0. The molecule has 0 N–H and O–H groups in total. The van der Waals surface area contributed by atoms with Crippen LogP contribution in [0.15, 0.2) is 52.7 Å². The lowest BCUT2D eigenvalue weighted by Crippen LogP contribution is -2.25. The predicted octanol–water partition coefficient (Wildman–Crippen LogP) is 3.62. The average molecular weight is 371 g/mol. The number of thioether (sulfide) groups is 1. The van der Waals surface area contributed by atoms with Crippen LogP contribution in [0.5, 0.6) is 0 Å². The van der Waals surface area contributed by atoms with E-state index in [4.69, 9.17) is 11.6 Å². The Morgan fingerprint density at radius 2 is 1.92 bits per heavy atom. The number of hydrogen-bond donors (Lipinski definition) is 0. The van der Waals surface area contributed by atoms with Crippen molar-refractivity contribution in [2.75, 3.05) is 19.0 Å². The second-order valence-corrected chi connectivity index (χ2v) is 7.32. The minimum atomic E-state index is -0.0565. The molecule has 0 atom stereocenters. The molecule has 0 bridgehead atoms. The molecule has 3 aromatic rings. The van der Waals surface area contributed by atoms with Gasteiger partial charge in [0.2, 0.25) is 0 Å². The minimum Gasteiger partial charge on any atom is -0.377 e. The first-order valence-corrected chi connectivity index (χ1v) is 9.08. The van der Waals surface area contributed by atoms with Crippen molar-refractivity contribution in [1.29, 1.82) is 0 Å². The van der Waals surface area contributed by atoms with Crippen LogP contribution >= 0.6 is 23.4 Å². The summed E-state index contributed by atoms with van der Waals surface area (Å²) in [5.74, 6) is 0.562. The van der Waals surface area contributed by atoms with E-state index in [9.17, 15) is 4.79 Å². The van der Waals surface area contributed by atoms with Crippen LogP contribution in [0, 0.1) is 0 Å². The van der Waals surface area contributed by atoms with Gasteiger partial charge in [0, 0.05) is 36.8 Å². The van der Waals surface area contributed by atoms with Crippen LogP contribution in [-0.4, -0.2) is 28.6 Å². The van der Waals surface area contributed by atoms with E-state index in [0.717, 1.165) is 27.7 Å². The summed E-state index contributed by atoms with van der Waals surface area (Å²) in [6, 6.07) is 9.10. The van der Waals surface area contributed by atoms with Crippen molar-refractivity contribution in [1.82, 2.24) is 14.5 Å². The van der Waals surface area contributed by atoms with Gasteiger partial charge in [0.05, 0.1) is 22.5 Å². The number of anilines is 1. The van der Waals surface area contributed by atoms with E-state index in [-0.39, 0.29) is 5.56 Å². The predicted molar refractivity (Wildman–Crippen MR) is 102 cm³/mol. The zero-order chi connectivity index (χ0) is 17.6. The summed E-state index contributed by atoms with van der Waals surface area (Å²) in [7, 11) is 3.95. The number of aromatic nitrogens is 3. The molecule has 1 aliphatic rings. The Morgan fingerprint density at radius 3 is 2.64 bits per heavy atom. The first-order chi connectivity index (χ1) is 12.1. The number of hydrogen-bond acceptors (Lipinski definition) is 5. The maximum Gasteiger partial charge on any atom is 0.262 e. The zero-order valence-electron chi connectivity index (χ0n) is 13.7. The van der Waals surface area contributed by atoms with Crippen molar-refractivity contribution < 1.29 is 0 Å². The molecule has 25 heavy (non-hydrogen) atoms. The third-order valence-electron chi connectivity index (χ3n) is 4.14. The summed E-state index contributed by atoms with van der Waals surface area (Å²) < 4.78 is 1.56. The molecule has 7 heteroatoms. The van der Waals surface area contributed by atoms with Crippen LogP contribution in [0.4, 0.5) is 5.69 Å². The molecule has 0 aliphatic carbocycles. The van der Waals surface area contributed by atoms with Gasteiger partial charge in [-0.05, 0) is 30.3 Å². The monoisotopic (exact) mass is 370 g/mol. The maximum atomic E-state index is 13.0. The van der Waals surface area contributed by atoms with Crippen LogP contribution in [0.3, 0.4) is 0 Å². The highest BCUT2D eigenvalue weighted by Gasteiger charge is 2.26. The van der Waals surface area contributed by atoms with Crippen LogP contribution < -0.4 is 10.5 Å². The lowest BCUT2D eigenvalue weighted by Gasteiger charge is -2.24. The molecule has 1 aliphatic heterocycles. The van der Waals surface area contributed by atoms with Gasteiger partial charge in [-0.1, -0.05) is 11.6 Å². The van der Waals surface area contributed by atoms with Gasteiger partial charge in [-0.25, -0.2) is 9.97 Å². The lowest BCUT2D eigenvalue weighted by molar-refractivity contribution is 0.906. The Balaban J connectivity index is 1.92. The molecule has 0 saturated heterocycles. The van der Waals surface area contributed by atoms with Crippen molar-refractivity contribution in [3.05, 3.63) is 63.8 Å². The van der Waals surface area contributed by atoms with Gasteiger partial charge in [0.1, 0.15) is 11.4 Å². The Bertz CT molecular complexity index is 1010. The number of benzene rings is 1. The fraction of sp³-hybridized carbons (Fsp3) is 0.167. The second-order valence-electron chi connectivity index (χ2n) is 5.92. The van der Waals surface area contributed by atoms with Crippen molar-refractivity contribution in [2.45, 2.75) is 10.8 Å². The molecule has 1 aromatic carbocycles. The van der Waals surface area contributed by atoms with Gasteiger partial charge in [-0.15, -0.1) is 11.8 Å². The Morgan fingerprint density at radius 1 is 1.16 bits per heavy atom. The van der Waals surface area contributed by atoms with Gasteiger partial charge < -0.3 is 4.90 Å². The van der Waals surface area contributed by atoms with E-state index < -0.39 is 0 Å². The number of nitrogens with zero attached hydrogens (tertiary/aromatic N) is 4. The normalized spacial score (nSPS) is 12.4. The summed E-state index contributed by atoms with van der Waals surface area (Å²) in [6.07, 6.45) is 3.37. The van der Waals surface area contributed by atoms with E-state index in [1.54, 1.807) is 41.0 Å². The van der Waals surface area contributed by atoms with Crippen molar-refractivity contribution in [3.63, 3.8) is 0 Å². The largest absolute Gasteiger partial charge is 0.377 e. The molecular formula is C18H15ClN4OS. The van der Waals surface area contributed by atoms with Gasteiger partial charge in [0.15, 0.2) is 0 Å². The summed E-state index contributed by atoms with van der Waals surface area (Å²) >= 11 is 7.51. The van der Waals surface area contributed by atoms with Crippen LogP contribution in [0.2, 0.25) is 5.02 Å². The summed E-state index contributed by atoms with van der Waals surface area (Å²) in [4.78, 5) is 24.1. The van der Waals surface area contributed by atoms with E-state index in [0.29, 0.717) is 16.3 Å². The summed E-state index contributed by atoms with van der Waals surface area (Å²) in [5, 5.41) is 1.55. The molecule has 126 valence electrons. The van der Waals surface area contributed by atoms with Gasteiger partial charge >= 0.3 is 0 Å². The molecular weight excluding hydrogens is 356 g/mol. The SMILES string of the molecule is CN(C)c1ccnc2c1-c1ncn(-c3ccc(Cl)cc3)c(=O)c1CS2. The third kappa shape index (κ3) is 2.71. The standard InChI is InChI=1S/C18H15ClN4OS/c1-22(2)14-7-8-20-17-15(14)16-13(9-25-17)18(24)23(10-21-16)12-5-3-11(19)4-6-12/h3-8,10H,9H2,1-2H3. The first-order valence-electron chi connectivity index (χ1n) is 7.72. The molecule has 3 heterocycles. The molecule has 0 spiro atoms. The summed E-state index contributed by atoms with van der Waals surface area (Å²) in [5.41, 5.74) is 4.05. The number of pyridine rings is 1. The van der Waals surface area contributed by atoms with Gasteiger partial charge in [0.25, 0.3) is 5.56 Å². The highest BCUT2D eigenvalue weighted by Crippen LogP contribution is 2.42. The fourth-order valence-corrected chi connectivity index (χ4v) is 4.05. The second kappa shape index (κ2) is 6.20. The fourth-order valence-electron chi connectivity index (χ4n) is 2.90. The highest BCUT2D eigenvalue weighted by molar-refractivity contribution is 7.98. The van der Waals surface area contributed by atoms with Crippen molar-refractivity contribution in [2.24, 2.45) is 0 Å². The van der Waals surface area contributed by atoms with Crippen molar-refractivity contribution in [3.8, 4) is 16.9 Å². The quantitative estimate of drug-likeness (QED) is 0.689. The molecule has 0 saturated carbocycles. The number of rotatable bonds is 2. The third-order valence-corrected chi connectivity index (χ3v) is 5.40. The molecule has 0 amide bonds. The molecule has 4 rings (SSSR count). The van der Waals surface area contributed by atoms with E-state index in [2.05, 4.69) is 9.97 Å². The van der Waals surface area contributed by atoms with Crippen molar-refractivity contribution >= 4 is 29.1 Å². The van der Waals surface area contributed by atoms with Crippen LogP contribution in [-0.2, 0) is 5.75 Å². The molecule has 5 nitrogen and oxygen atoms in total. The van der Waals surface area contributed by atoms with Gasteiger partial charge in [-0.3, -0.25) is 9.36 Å². The smallest absolute Gasteiger partial charge is 0.262 e. The van der Waals surface area contributed by atoms with Crippen LogP contribution in [0.1, 0.15) is 5.56 Å². The van der Waals surface area contributed by atoms with E-state index in [1.165, 1.54) is 0 Å². The molecule has 0 radical (unpaired) electrons. The zero-order valence-corrected chi connectivity index (χ0v) is 15.3. The molecule has 2 aromatic heterocycles. The average Bonchev–Trinajstić information content (AvgIpc) is 2.62. The molecule has 0 unspecified atom stereocenters. The summed E-state index contributed by atoms with van der Waals surface area (Å²) in [6.45, 7) is 0.